The second-order valence-corrected chi connectivity index (χ2v) is 3.68. The zero-order valence-electron chi connectivity index (χ0n) is 8.20. The molecule has 1 aromatic heterocycles. The molecule has 0 saturated heterocycles. The second-order valence-electron chi connectivity index (χ2n) is 2.89. The van der Waals surface area contributed by atoms with Gasteiger partial charge < -0.3 is 15.8 Å². The molecule has 0 saturated carbocycles. The highest BCUT2D eigenvalue weighted by Gasteiger charge is 2.06. The monoisotopic (exact) mass is 275 g/mol. The molecule has 0 unspecified atom stereocenters. The van der Waals surface area contributed by atoms with E-state index >= 15 is 0 Å². The second kappa shape index (κ2) is 6.54. The van der Waals surface area contributed by atoms with Crippen LogP contribution in [-0.4, -0.2) is 28.2 Å². The number of aromatic nitrogens is 2. The number of hydrogen-bond donors (Lipinski definition) is 4. The molecule has 1 aromatic rings. The van der Waals surface area contributed by atoms with Gasteiger partial charge in [0, 0.05) is 13.2 Å². The van der Waals surface area contributed by atoms with Gasteiger partial charge in [-0.1, -0.05) is 0 Å². The van der Waals surface area contributed by atoms with Crippen LogP contribution in [0, 0.1) is 0 Å². The molecule has 84 valence electrons. The molecule has 6 nitrogen and oxygen atoms in total. The smallest absolute Gasteiger partial charge is 0.159 e. The van der Waals surface area contributed by atoms with Crippen LogP contribution < -0.4 is 16.6 Å². The Morgan fingerprint density at radius 3 is 2.73 bits per heavy atom. The lowest BCUT2D eigenvalue weighted by molar-refractivity contribution is 0.286. The van der Waals surface area contributed by atoms with Gasteiger partial charge in [-0.05, 0) is 28.8 Å². The molecule has 0 amide bonds. The molecule has 0 fully saturated rings. The number of unbranched alkanes of at least 4 members (excludes halogenated alkanes) is 1. The third-order valence-electron chi connectivity index (χ3n) is 1.80. The summed E-state index contributed by atoms with van der Waals surface area (Å²) < 4.78 is 0.705. The number of nitrogens with one attached hydrogen (secondary N) is 2. The summed E-state index contributed by atoms with van der Waals surface area (Å²) >= 11 is 3.33. The van der Waals surface area contributed by atoms with E-state index in [1.54, 1.807) is 0 Å². The fourth-order valence-electron chi connectivity index (χ4n) is 1.04. The first-order valence-electron chi connectivity index (χ1n) is 4.61. The van der Waals surface area contributed by atoms with Gasteiger partial charge in [-0.25, -0.2) is 15.8 Å². The predicted molar refractivity (Wildman–Crippen MR) is 62.4 cm³/mol. The van der Waals surface area contributed by atoms with Gasteiger partial charge in [0.15, 0.2) is 5.82 Å². The molecule has 0 radical (unpaired) electrons. The van der Waals surface area contributed by atoms with Crippen molar-refractivity contribution in [3.8, 4) is 0 Å². The Bertz CT molecular complexity index is 309. The van der Waals surface area contributed by atoms with E-state index in [4.69, 9.17) is 10.9 Å². The molecule has 0 bridgehead atoms. The standard InChI is InChI=1S/C8H14BrN5O/c9-6-7(11-3-1-2-4-15)12-5-13-8(6)14-10/h5,15H,1-4,10H2,(H2,11,12,13,14). The van der Waals surface area contributed by atoms with Crippen molar-refractivity contribution < 1.29 is 5.11 Å². The van der Waals surface area contributed by atoms with Gasteiger partial charge in [-0.2, -0.15) is 0 Å². The number of nitrogens with two attached hydrogens (primary N) is 1. The lowest BCUT2D eigenvalue weighted by Crippen LogP contribution is -2.12. The Hall–Kier alpha value is -0.920. The largest absolute Gasteiger partial charge is 0.396 e. The van der Waals surface area contributed by atoms with Crippen LogP contribution in [0.15, 0.2) is 10.8 Å². The molecule has 0 spiro atoms. The highest BCUT2D eigenvalue weighted by atomic mass is 79.9. The summed E-state index contributed by atoms with van der Waals surface area (Å²) in [4.78, 5) is 7.99. The van der Waals surface area contributed by atoms with Gasteiger partial charge in [-0.15, -0.1) is 0 Å². The minimum absolute atomic E-state index is 0.211. The number of hydrogen-bond acceptors (Lipinski definition) is 6. The minimum Gasteiger partial charge on any atom is -0.396 e. The van der Waals surface area contributed by atoms with Crippen molar-refractivity contribution >= 4 is 27.6 Å². The van der Waals surface area contributed by atoms with Crippen LogP contribution >= 0.6 is 15.9 Å². The third kappa shape index (κ3) is 3.61. The predicted octanol–water partition coefficient (Wildman–Crippen LogP) is 0.709. The molecule has 1 rings (SSSR count). The quantitative estimate of drug-likeness (QED) is 0.347. The number of rotatable bonds is 6. The number of anilines is 2. The maximum absolute atomic E-state index is 8.61. The van der Waals surface area contributed by atoms with Crippen molar-refractivity contribution in [2.24, 2.45) is 5.84 Å². The number of aliphatic hydroxyl groups excluding tert-OH is 1. The van der Waals surface area contributed by atoms with E-state index in [0.29, 0.717) is 16.1 Å². The van der Waals surface area contributed by atoms with Crippen molar-refractivity contribution in [3.05, 3.63) is 10.8 Å². The molecule has 1 heterocycles. The molecule has 0 aliphatic carbocycles. The Morgan fingerprint density at radius 1 is 1.33 bits per heavy atom. The van der Waals surface area contributed by atoms with Crippen molar-refractivity contribution in [1.82, 2.24) is 9.97 Å². The molecule has 0 atom stereocenters. The molecule has 5 N–H and O–H groups in total. The summed E-state index contributed by atoms with van der Waals surface area (Å²) in [5.74, 6) is 6.49. The first-order valence-corrected chi connectivity index (χ1v) is 5.40. The molecule has 7 heteroatoms. The van der Waals surface area contributed by atoms with E-state index in [1.807, 2.05) is 0 Å². The number of aliphatic hydroxyl groups is 1. The van der Waals surface area contributed by atoms with Crippen LogP contribution in [0.4, 0.5) is 11.6 Å². The average Bonchev–Trinajstić information content (AvgIpc) is 2.26. The number of nitrogen functional groups attached to an aromatic ring is 1. The highest BCUT2D eigenvalue weighted by Crippen LogP contribution is 2.25. The number of hydrazine groups is 1. The first kappa shape index (κ1) is 12.2. The number of nitrogens with zero attached hydrogens (tertiary/aromatic N) is 2. The van der Waals surface area contributed by atoms with Gasteiger partial charge in [0.25, 0.3) is 0 Å². The average molecular weight is 276 g/mol. The van der Waals surface area contributed by atoms with Crippen LogP contribution in [0.5, 0.6) is 0 Å². The van der Waals surface area contributed by atoms with E-state index in [2.05, 4.69) is 36.6 Å². The third-order valence-corrected chi connectivity index (χ3v) is 2.55. The normalized spacial score (nSPS) is 10.1. The Balaban J connectivity index is 2.53. The zero-order chi connectivity index (χ0) is 11.1. The maximum Gasteiger partial charge on any atom is 0.159 e. The minimum atomic E-state index is 0.211. The summed E-state index contributed by atoms with van der Waals surface area (Å²) in [5, 5.41) is 11.7. The Kier molecular flexibility index (Phi) is 5.30. The fourth-order valence-corrected chi connectivity index (χ4v) is 1.50. The summed E-state index contributed by atoms with van der Waals surface area (Å²) in [6.07, 6.45) is 3.09. The SMILES string of the molecule is NNc1ncnc(NCCCCO)c1Br. The Labute approximate surface area is 96.4 Å². The van der Waals surface area contributed by atoms with Gasteiger partial charge in [0.05, 0.1) is 0 Å². The van der Waals surface area contributed by atoms with Crippen LogP contribution in [-0.2, 0) is 0 Å². The topological polar surface area (TPSA) is 96.1 Å². The van der Waals surface area contributed by atoms with Gasteiger partial charge in [-0.3, -0.25) is 0 Å². The van der Waals surface area contributed by atoms with Crippen LogP contribution in [0.25, 0.3) is 0 Å². The lowest BCUT2D eigenvalue weighted by atomic mass is 10.3. The molecular weight excluding hydrogens is 262 g/mol. The summed E-state index contributed by atoms with van der Waals surface area (Å²) in [6.45, 7) is 0.961. The van der Waals surface area contributed by atoms with Crippen molar-refractivity contribution in [1.29, 1.82) is 0 Å². The van der Waals surface area contributed by atoms with E-state index in [0.717, 1.165) is 19.4 Å². The van der Waals surface area contributed by atoms with Gasteiger partial charge in [0.1, 0.15) is 16.6 Å². The molecule has 15 heavy (non-hydrogen) atoms. The van der Waals surface area contributed by atoms with E-state index in [9.17, 15) is 0 Å². The van der Waals surface area contributed by atoms with Crippen LogP contribution in [0.3, 0.4) is 0 Å². The molecular formula is C8H14BrN5O. The van der Waals surface area contributed by atoms with E-state index in [1.165, 1.54) is 6.33 Å². The van der Waals surface area contributed by atoms with E-state index < -0.39 is 0 Å². The maximum atomic E-state index is 8.61. The molecule has 0 aliphatic heterocycles. The zero-order valence-corrected chi connectivity index (χ0v) is 9.79. The van der Waals surface area contributed by atoms with Crippen LogP contribution in [0.2, 0.25) is 0 Å². The van der Waals surface area contributed by atoms with Crippen molar-refractivity contribution in [2.75, 3.05) is 23.9 Å². The van der Waals surface area contributed by atoms with Crippen molar-refractivity contribution in [2.45, 2.75) is 12.8 Å². The van der Waals surface area contributed by atoms with Gasteiger partial charge >= 0.3 is 0 Å². The summed E-state index contributed by atoms with van der Waals surface area (Å²) in [6, 6.07) is 0. The Morgan fingerprint density at radius 2 is 2.07 bits per heavy atom. The molecule has 0 aliphatic rings. The van der Waals surface area contributed by atoms with E-state index in [-0.39, 0.29) is 6.61 Å². The number of halogens is 1. The lowest BCUT2D eigenvalue weighted by Gasteiger charge is -2.09. The fraction of sp³-hybridized carbons (Fsp3) is 0.500. The van der Waals surface area contributed by atoms with Gasteiger partial charge in [0.2, 0.25) is 0 Å². The van der Waals surface area contributed by atoms with Crippen LogP contribution in [0.1, 0.15) is 12.8 Å². The summed E-state index contributed by atoms with van der Waals surface area (Å²) in [5.41, 5.74) is 2.46. The first-order chi connectivity index (χ1) is 7.29. The molecule has 0 aromatic carbocycles. The highest BCUT2D eigenvalue weighted by molar-refractivity contribution is 9.10. The van der Waals surface area contributed by atoms with Crippen molar-refractivity contribution in [3.63, 3.8) is 0 Å². The summed E-state index contributed by atoms with van der Waals surface area (Å²) in [7, 11) is 0.